The number of carbonyl (C=O) groups is 1. The second-order valence-electron chi connectivity index (χ2n) is 11.7. The first-order valence-corrected chi connectivity index (χ1v) is 15.9. The highest BCUT2D eigenvalue weighted by atomic mass is 35.5. The molecule has 7 nitrogen and oxygen atoms in total. The minimum absolute atomic E-state index is 0.222. The Morgan fingerprint density at radius 2 is 1.97 bits per heavy atom. The lowest BCUT2D eigenvalue weighted by Crippen LogP contribution is -2.48. The number of nitrogens with one attached hydrogen (secondary N) is 1. The summed E-state index contributed by atoms with van der Waals surface area (Å²) in [7, 11) is -3.82. The molecule has 0 unspecified atom stereocenters. The summed E-state index contributed by atoms with van der Waals surface area (Å²) in [6.07, 6.45) is 8.83. The smallest absolute Gasteiger partial charge is 0.264 e. The van der Waals surface area contributed by atoms with Gasteiger partial charge in [0.1, 0.15) is 5.75 Å². The van der Waals surface area contributed by atoms with E-state index in [1.165, 1.54) is 11.1 Å². The minimum Gasteiger partial charge on any atom is -0.490 e. The molecule has 1 amide bonds. The first kappa shape index (κ1) is 26.7. The predicted octanol–water partition coefficient (Wildman–Crippen LogP) is 4.61. The summed E-state index contributed by atoms with van der Waals surface area (Å²) in [5.74, 6) is 0.628. The number of aliphatic hydroxyl groups excluding tert-OH is 1. The normalized spacial score (nSPS) is 31.1. The topological polar surface area (TPSA) is 95.9 Å². The van der Waals surface area contributed by atoms with Crippen molar-refractivity contribution in [2.75, 3.05) is 30.3 Å². The fraction of sp³-hybridized carbons (Fsp3) is 0.500. The molecule has 9 heteroatoms. The Kier molecular flexibility index (Phi) is 7.14. The number of rotatable bonds is 0. The van der Waals surface area contributed by atoms with Crippen molar-refractivity contribution in [3.63, 3.8) is 0 Å². The SMILES string of the molecule is O=C1NS(=O)(=O)CC/C=C\[C@H](O)C[C@@H]2CC[C@H]2CN2C[C@@]3(CCCc4cc(Cl)ccc43)COc3ccc1cc32. The molecule has 4 atom stereocenters. The number of sulfonamides is 1. The number of fused-ring (bicyclic) bond motifs is 4. The quantitative estimate of drug-likeness (QED) is 0.449. The summed E-state index contributed by atoms with van der Waals surface area (Å²) in [5, 5.41) is 11.4. The van der Waals surface area contributed by atoms with Gasteiger partial charge in [-0.25, -0.2) is 13.1 Å². The van der Waals surface area contributed by atoms with Crippen LogP contribution in [-0.4, -0.2) is 51.0 Å². The molecule has 2 aromatic rings. The molecule has 2 aliphatic carbocycles. The van der Waals surface area contributed by atoms with Crippen molar-refractivity contribution >= 4 is 33.2 Å². The van der Waals surface area contributed by atoms with E-state index >= 15 is 0 Å². The number of carbonyl (C=O) groups excluding carboxylic acids is 1. The molecular weight excluding hydrogens is 536 g/mol. The van der Waals surface area contributed by atoms with E-state index in [1.54, 1.807) is 30.4 Å². The van der Waals surface area contributed by atoms with Crippen LogP contribution in [-0.2, 0) is 21.9 Å². The molecule has 39 heavy (non-hydrogen) atoms. The maximum Gasteiger partial charge on any atom is 0.264 e. The lowest BCUT2D eigenvalue weighted by molar-refractivity contribution is 0.0980. The van der Waals surface area contributed by atoms with Crippen LogP contribution in [0.3, 0.4) is 0 Å². The monoisotopic (exact) mass is 570 g/mol. The summed E-state index contributed by atoms with van der Waals surface area (Å²) < 4.78 is 33.9. The van der Waals surface area contributed by atoms with Gasteiger partial charge in [-0.2, -0.15) is 0 Å². The van der Waals surface area contributed by atoms with Crippen molar-refractivity contribution < 1.29 is 23.1 Å². The average molecular weight is 571 g/mol. The molecule has 0 saturated heterocycles. The second kappa shape index (κ2) is 10.5. The zero-order valence-corrected chi connectivity index (χ0v) is 23.5. The van der Waals surface area contributed by atoms with Crippen LogP contribution >= 0.6 is 11.6 Å². The average Bonchev–Trinajstić information content (AvgIpc) is 3.04. The molecule has 2 aromatic carbocycles. The van der Waals surface area contributed by atoms with E-state index in [2.05, 4.69) is 21.8 Å². The summed E-state index contributed by atoms with van der Waals surface area (Å²) in [5.41, 5.74) is 3.41. The maximum atomic E-state index is 13.0. The number of aliphatic hydroxyl groups is 1. The van der Waals surface area contributed by atoms with Crippen molar-refractivity contribution in [1.29, 1.82) is 0 Å². The maximum absolute atomic E-state index is 13.0. The van der Waals surface area contributed by atoms with Gasteiger partial charge < -0.3 is 14.7 Å². The highest BCUT2D eigenvalue weighted by Crippen LogP contribution is 2.46. The number of nitrogens with zero attached hydrogens (tertiary/aromatic N) is 1. The molecule has 2 aliphatic heterocycles. The van der Waals surface area contributed by atoms with Gasteiger partial charge in [0.2, 0.25) is 10.0 Å². The lowest BCUT2D eigenvalue weighted by atomic mass is 9.68. The Morgan fingerprint density at radius 1 is 1.13 bits per heavy atom. The standard InChI is InChI=1S/C30H35ClN2O5S/c31-24-9-10-26-21(14-24)4-3-12-30(26)18-33-17-23-7-6-20(23)15-25(34)5-1-2-13-39(36,37)32-29(35)22-8-11-28(38-19-30)27(33)16-22/h1,5,8-11,14,16,20,23,25,34H,2-4,6-7,12-13,15,17-19H2,(H,32,35)/b5-1-/t20-,23-,25-,30-/m0/s1. The molecule has 2 N–H and O–H groups in total. The highest BCUT2D eigenvalue weighted by Gasteiger charge is 2.43. The van der Waals surface area contributed by atoms with E-state index in [0.29, 0.717) is 36.2 Å². The Balaban J connectivity index is 1.41. The van der Waals surface area contributed by atoms with Crippen molar-refractivity contribution in [3.05, 3.63) is 70.3 Å². The molecule has 1 saturated carbocycles. The Bertz CT molecular complexity index is 1410. The minimum atomic E-state index is -3.82. The largest absolute Gasteiger partial charge is 0.490 e. The molecule has 1 fully saturated rings. The van der Waals surface area contributed by atoms with E-state index in [9.17, 15) is 18.3 Å². The zero-order chi connectivity index (χ0) is 27.2. The van der Waals surface area contributed by atoms with Crippen LogP contribution in [0.1, 0.15) is 60.0 Å². The van der Waals surface area contributed by atoms with E-state index in [0.717, 1.165) is 55.9 Å². The summed E-state index contributed by atoms with van der Waals surface area (Å²) in [6, 6.07) is 11.4. The van der Waals surface area contributed by atoms with Gasteiger partial charge in [0.15, 0.2) is 0 Å². The molecule has 1 spiro atoms. The summed E-state index contributed by atoms with van der Waals surface area (Å²) in [4.78, 5) is 15.4. The van der Waals surface area contributed by atoms with Crippen LogP contribution in [0.25, 0.3) is 0 Å². The third-order valence-corrected chi connectivity index (χ3v) is 10.5. The van der Waals surface area contributed by atoms with E-state index in [-0.39, 0.29) is 17.6 Å². The number of halogens is 1. The third kappa shape index (κ3) is 5.43. The van der Waals surface area contributed by atoms with Gasteiger partial charge in [0.25, 0.3) is 5.91 Å². The summed E-state index contributed by atoms with van der Waals surface area (Å²) in [6.45, 7) is 2.03. The fourth-order valence-corrected chi connectivity index (χ4v) is 7.99. The van der Waals surface area contributed by atoms with Gasteiger partial charge in [-0.3, -0.25) is 4.79 Å². The first-order valence-electron chi connectivity index (χ1n) is 13.9. The van der Waals surface area contributed by atoms with Crippen molar-refractivity contribution in [3.8, 4) is 5.75 Å². The Morgan fingerprint density at radius 3 is 2.79 bits per heavy atom. The fourth-order valence-electron chi connectivity index (χ4n) is 6.84. The lowest BCUT2D eigenvalue weighted by Gasteiger charge is -2.45. The third-order valence-electron chi connectivity index (χ3n) is 9.03. The molecule has 2 bridgehead atoms. The van der Waals surface area contributed by atoms with Crippen LogP contribution in [0.15, 0.2) is 48.6 Å². The van der Waals surface area contributed by atoms with Crippen LogP contribution in [0.5, 0.6) is 5.75 Å². The molecule has 2 heterocycles. The molecule has 4 aliphatic rings. The van der Waals surface area contributed by atoms with Gasteiger partial charge in [-0.05, 0) is 98.2 Å². The Hall–Kier alpha value is -2.55. The van der Waals surface area contributed by atoms with Crippen molar-refractivity contribution in [1.82, 2.24) is 4.72 Å². The van der Waals surface area contributed by atoms with Gasteiger partial charge in [-0.1, -0.05) is 29.8 Å². The zero-order valence-electron chi connectivity index (χ0n) is 21.9. The van der Waals surface area contributed by atoms with Gasteiger partial charge in [-0.15, -0.1) is 0 Å². The van der Waals surface area contributed by atoms with Crippen molar-refractivity contribution in [2.24, 2.45) is 11.8 Å². The molecule has 0 radical (unpaired) electrons. The number of ether oxygens (including phenoxy) is 1. The van der Waals surface area contributed by atoms with Crippen LogP contribution < -0.4 is 14.4 Å². The number of benzene rings is 2. The second-order valence-corrected chi connectivity index (χ2v) is 13.9. The highest BCUT2D eigenvalue weighted by molar-refractivity contribution is 7.90. The van der Waals surface area contributed by atoms with E-state index in [1.807, 2.05) is 6.07 Å². The Labute approximate surface area is 235 Å². The molecule has 0 aromatic heterocycles. The predicted molar refractivity (Wildman–Crippen MR) is 152 cm³/mol. The number of allylic oxidation sites excluding steroid dienone is 1. The van der Waals surface area contributed by atoms with E-state index in [4.69, 9.17) is 16.3 Å². The molecule has 6 rings (SSSR count). The van der Waals surface area contributed by atoms with Gasteiger partial charge in [0, 0.05) is 29.1 Å². The van der Waals surface area contributed by atoms with E-state index < -0.39 is 22.0 Å². The van der Waals surface area contributed by atoms with Gasteiger partial charge in [0.05, 0.1) is 24.2 Å². The van der Waals surface area contributed by atoms with Gasteiger partial charge >= 0.3 is 0 Å². The number of amides is 1. The van der Waals surface area contributed by atoms with Crippen LogP contribution in [0.2, 0.25) is 5.02 Å². The van der Waals surface area contributed by atoms with Crippen LogP contribution in [0.4, 0.5) is 5.69 Å². The van der Waals surface area contributed by atoms with Crippen LogP contribution in [0, 0.1) is 11.8 Å². The molecule has 208 valence electrons. The number of hydrogen-bond acceptors (Lipinski definition) is 6. The van der Waals surface area contributed by atoms with Crippen molar-refractivity contribution in [2.45, 2.75) is 56.5 Å². The number of aryl methyl sites for hydroxylation is 1. The number of hydrogen-bond donors (Lipinski definition) is 2. The summed E-state index contributed by atoms with van der Waals surface area (Å²) >= 11 is 6.36. The molecular formula is C30H35ClN2O5S. The number of anilines is 1. The first-order chi connectivity index (χ1) is 18.7.